The highest BCUT2D eigenvalue weighted by Crippen LogP contribution is 2.39. The highest BCUT2D eigenvalue weighted by atomic mass is 19.1. The van der Waals surface area contributed by atoms with E-state index in [2.05, 4.69) is 5.32 Å². The first kappa shape index (κ1) is 17.7. The van der Waals surface area contributed by atoms with Crippen LogP contribution in [0.4, 0.5) is 4.39 Å². The molecule has 1 heterocycles. The molecule has 6 heteroatoms. The lowest BCUT2D eigenvalue weighted by molar-refractivity contribution is -0.139. The molecule has 0 spiro atoms. The van der Waals surface area contributed by atoms with Crippen LogP contribution >= 0.6 is 0 Å². The third-order valence-corrected chi connectivity index (χ3v) is 3.86. The Morgan fingerprint density at radius 3 is 2.12 bits per heavy atom. The van der Waals surface area contributed by atoms with Gasteiger partial charge in [-0.25, -0.2) is 14.0 Å². The first-order chi connectivity index (χ1) is 11.4. The van der Waals surface area contributed by atoms with E-state index in [1.807, 2.05) is 0 Å². The van der Waals surface area contributed by atoms with E-state index in [-0.39, 0.29) is 6.61 Å². The molecule has 24 heavy (non-hydrogen) atoms. The lowest BCUT2D eigenvalue weighted by atomic mass is 9.80. The second kappa shape index (κ2) is 7.29. The van der Waals surface area contributed by atoms with Gasteiger partial charge in [0.25, 0.3) is 0 Å². The van der Waals surface area contributed by atoms with Crippen molar-refractivity contribution in [2.45, 2.75) is 26.7 Å². The van der Waals surface area contributed by atoms with Gasteiger partial charge in [0.1, 0.15) is 5.82 Å². The summed E-state index contributed by atoms with van der Waals surface area (Å²) in [6.45, 7) is 5.38. The zero-order chi connectivity index (χ0) is 17.9. The fourth-order valence-electron chi connectivity index (χ4n) is 2.84. The van der Waals surface area contributed by atoms with E-state index in [9.17, 15) is 14.0 Å². The van der Waals surface area contributed by atoms with Gasteiger partial charge in [-0.3, -0.25) is 0 Å². The van der Waals surface area contributed by atoms with Gasteiger partial charge < -0.3 is 14.8 Å². The van der Waals surface area contributed by atoms with E-state index in [1.165, 1.54) is 19.2 Å². The van der Waals surface area contributed by atoms with Gasteiger partial charge in [-0.15, -0.1) is 0 Å². The summed E-state index contributed by atoms with van der Waals surface area (Å²) in [5.74, 6) is -2.15. The van der Waals surface area contributed by atoms with Crippen LogP contribution < -0.4 is 5.32 Å². The number of rotatable bonds is 4. The highest BCUT2D eigenvalue weighted by Gasteiger charge is 2.37. The minimum atomic E-state index is -0.682. The van der Waals surface area contributed by atoms with Gasteiger partial charge in [-0.05, 0) is 38.5 Å². The van der Waals surface area contributed by atoms with Crippen LogP contribution in [0.2, 0.25) is 0 Å². The monoisotopic (exact) mass is 333 g/mol. The Kier molecular flexibility index (Phi) is 5.39. The van der Waals surface area contributed by atoms with Crippen molar-refractivity contribution in [2.24, 2.45) is 0 Å². The number of methoxy groups -OCH3 is 1. The largest absolute Gasteiger partial charge is 0.466 e. The van der Waals surface area contributed by atoms with E-state index in [0.717, 1.165) is 0 Å². The maximum atomic E-state index is 13.3. The van der Waals surface area contributed by atoms with Crippen molar-refractivity contribution in [1.29, 1.82) is 0 Å². The second-order valence-electron chi connectivity index (χ2n) is 5.40. The fraction of sp³-hybridized carbons (Fsp3) is 0.333. The molecule has 0 aliphatic carbocycles. The molecule has 0 fully saturated rings. The van der Waals surface area contributed by atoms with Gasteiger partial charge in [-0.1, -0.05) is 12.1 Å². The Morgan fingerprint density at radius 2 is 1.62 bits per heavy atom. The lowest BCUT2D eigenvalue weighted by Crippen LogP contribution is -2.32. The van der Waals surface area contributed by atoms with E-state index < -0.39 is 23.7 Å². The molecule has 2 rings (SSSR count). The Bertz CT molecular complexity index is 719. The molecule has 0 bridgehead atoms. The van der Waals surface area contributed by atoms with Gasteiger partial charge >= 0.3 is 11.9 Å². The number of dihydropyridines is 1. The highest BCUT2D eigenvalue weighted by molar-refractivity contribution is 5.99. The van der Waals surface area contributed by atoms with Gasteiger partial charge in [0.05, 0.1) is 30.8 Å². The topological polar surface area (TPSA) is 64.6 Å². The normalized spacial score (nSPS) is 17.5. The lowest BCUT2D eigenvalue weighted by Gasteiger charge is -2.30. The first-order valence-corrected chi connectivity index (χ1v) is 7.60. The summed E-state index contributed by atoms with van der Waals surface area (Å²) in [4.78, 5) is 24.7. The summed E-state index contributed by atoms with van der Waals surface area (Å²) in [6.07, 6.45) is 0. The van der Waals surface area contributed by atoms with Crippen LogP contribution in [-0.2, 0) is 19.1 Å². The first-order valence-electron chi connectivity index (χ1n) is 7.60. The molecule has 0 aromatic heterocycles. The maximum Gasteiger partial charge on any atom is 0.336 e. The van der Waals surface area contributed by atoms with E-state index in [0.29, 0.717) is 28.1 Å². The van der Waals surface area contributed by atoms with Crippen molar-refractivity contribution in [1.82, 2.24) is 5.32 Å². The van der Waals surface area contributed by atoms with Gasteiger partial charge in [0.2, 0.25) is 0 Å². The van der Waals surface area contributed by atoms with Crippen LogP contribution in [0.1, 0.15) is 32.3 Å². The molecule has 5 nitrogen and oxygen atoms in total. The van der Waals surface area contributed by atoms with Gasteiger partial charge in [-0.2, -0.15) is 0 Å². The number of carbonyl (C=O) groups is 2. The van der Waals surface area contributed by atoms with E-state index in [1.54, 1.807) is 32.9 Å². The Morgan fingerprint density at radius 1 is 1.08 bits per heavy atom. The van der Waals surface area contributed by atoms with Crippen molar-refractivity contribution in [2.75, 3.05) is 13.7 Å². The third-order valence-electron chi connectivity index (χ3n) is 3.86. The van der Waals surface area contributed by atoms with E-state index >= 15 is 0 Å². The van der Waals surface area contributed by atoms with Crippen molar-refractivity contribution in [3.05, 3.63) is 58.2 Å². The number of hydrogen-bond donors (Lipinski definition) is 1. The van der Waals surface area contributed by atoms with Gasteiger partial charge in [0.15, 0.2) is 0 Å². The molecule has 0 saturated carbocycles. The molecule has 128 valence electrons. The van der Waals surface area contributed by atoms with Crippen molar-refractivity contribution in [3.63, 3.8) is 0 Å². The summed E-state index contributed by atoms with van der Waals surface area (Å²) in [7, 11) is 1.28. The number of benzene rings is 1. The Balaban J connectivity index is 2.63. The van der Waals surface area contributed by atoms with Crippen LogP contribution in [0, 0.1) is 5.82 Å². The summed E-state index contributed by atoms with van der Waals surface area (Å²) in [5.41, 5.74) is 2.40. The quantitative estimate of drug-likeness (QED) is 0.859. The van der Waals surface area contributed by atoms with Crippen molar-refractivity contribution < 1.29 is 23.5 Å². The molecule has 0 radical (unpaired) electrons. The average molecular weight is 333 g/mol. The Hall–Kier alpha value is -2.63. The van der Waals surface area contributed by atoms with Crippen molar-refractivity contribution in [3.8, 4) is 0 Å². The van der Waals surface area contributed by atoms with Crippen LogP contribution in [0.5, 0.6) is 0 Å². The molecule has 1 aliphatic heterocycles. The van der Waals surface area contributed by atoms with Crippen LogP contribution in [0.25, 0.3) is 0 Å². The molecule has 1 N–H and O–H groups in total. The fourth-order valence-corrected chi connectivity index (χ4v) is 2.84. The molecule has 0 unspecified atom stereocenters. The number of ether oxygens (including phenoxy) is 2. The number of allylic oxidation sites excluding steroid dienone is 2. The van der Waals surface area contributed by atoms with E-state index in [4.69, 9.17) is 9.47 Å². The smallest absolute Gasteiger partial charge is 0.336 e. The predicted octanol–water partition coefficient (Wildman–Crippen LogP) is 2.80. The maximum absolute atomic E-state index is 13.3. The number of nitrogens with one attached hydrogen (secondary N) is 1. The van der Waals surface area contributed by atoms with Crippen LogP contribution in [-0.4, -0.2) is 25.7 Å². The minimum Gasteiger partial charge on any atom is -0.466 e. The van der Waals surface area contributed by atoms with Crippen molar-refractivity contribution >= 4 is 11.9 Å². The summed E-state index contributed by atoms with van der Waals surface area (Å²) in [5, 5.41) is 3.03. The van der Waals surface area contributed by atoms with Gasteiger partial charge in [0, 0.05) is 11.4 Å². The molecule has 1 aliphatic rings. The number of halogens is 1. The number of esters is 2. The average Bonchev–Trinajstić information content (AvgIpc) is 2.54. The standard InChI is InChI=1S/C18H20FNO4/c1-5-24-18(22)15-11(3)20-10(2)14(17(21)23-4)16(15)12-6-8-13(19)9-7-12/h6-9,16,20H,5H2,1-4H3/t16-/m1/s1. The molecule has 1 aromatic carbocycles. The number of carbonyl (C=O) groups excluding carboxylic acids is 2. The molecule has 0 saturated heterocycles. The summed E-state index contributed by atoms with van der Waals surface area (Å²) >= 11 is 0. The second-order valence-corrected chi connectivity index (χ2v) is 5.40. The molecular weight excluding hydrogens is 313 g/mol. The molecule has 1 atom stereocenters. The minimum absolute atomic E-state index is 0.210. The van der Waals surface area contributed by atoms with Crippen LogP contribution in [0.3, 0.4) is 0 Å². The SMILES string of the molecule is CCOC(=O)C1=C(C)NC(C)=C(C(=O)OC)[C@H]1c1ccc(F)cc1. The molecular formula is C18H20FNO4. The summed E-state index contributed by atoms with van der Waals surface area (Å²) in [6, 6.07) is 5.68. The molecule has 1 aromatic rings. The predicted molar refractivity (Wildman–Crippen MR) is 86.3 cm³/mol. The Labute approximate surface area is 140 Å². The zero-order valence-corrected chi connectivity index (χ0v) is 14.1. The third kappa shape index (κ3) is 3.32. The number of hydrogen-bond acceptors (Lipinski definition) is 5. The summed E-state index contributed by atoms with van der Waals surface area (Å²) < 4.78 is 23.3. The zero-order valence-electron chi connectivity index (χ0n) is 14.1. The molecule has 0 amide bonds. The van der Waals surface area contributed by atoms with Crippen LogP contribution in [0.15, 0.2) is 46.8 Å².